The van der Waals surface area contributed by atoms with E-state index in [2.05, 4.69) is 10.6 Å². The van der Waals surface area contributed by atoms with Crippen LogP contribution in [0.3, 0.4) is 0 Å². The highest BCUT2D eigenvalue weighted by atomic mass is 32.2. The molecule has 0 fully saturated rings. The molecule has 202 valence electrons. The predicted molar refractivity (Wildman–Crippen MR) is 152 cm³/mol. The maximum atomic E-state index is 13.9. The standard InChI is InChI=1S/C29H41N3O4S/c1-9-32(27(34)23(16-17-37-8)30-28(35)36-29(5,6)7)25(22-15-10-12-19(2)18-22)26(33)31-24-20(3)13-11-14-21(24)4/h10-15,18,23,25H,9,16-17H2,1-8H3,(H,30,35)(H,31,33). The molecule has 3 amide bonds. The Morgan fingerprint density at radius 3 is 2.19 bits per heavy atom. The lowest BCUT2D eigenvalue weighted by Crippen LogP contribution is -2.52. The Morgan fingerprint density at radius 2 is 1.65 bits per heavy atom. The summed E-state index contributed by atoms with van der Waals surface area (Å²) >= 11 is 1.58. The quantitative estimate of drug-likeness (QED) is 0.409. The molecule has 0 bridgehead atoms. The smallest absolute Gasteiger partial charge is 0.408 e. The summed E-state index contributed by atoms with van der Waals surface area (Å²) < 4.78 is 5.42. The molecular weight excluding hydrogens is 486 g/mol. The van der Waals surface area contributed by atoms with Gasteiger partial charge in [-0.15, -0.1) is 0 Å². The van der Waals surface area contributed by atoms with Crippen LogP contribution in [0.2, 0.25) is 0 Å². The van der Waals surface area contributed by atoms with Gasteiger partial charge in [0.25, 0.3) is 5.91 Å². The number of likely N-dealkylation sites (N-methyl/N-ethyl adjacent to an activating group) is 1. The van der Waals surface area contributed by atoms with Crippen LogP contribution in [0.4, 0.5) is 10.5 Å². The lowest BCUT2D eigenvalue weighted by molar-refractivity contribution is -0.140. The monoisotopic (exact) mass is 527 g/mol. The van der Waals surface area contributed by atoms with Gasteiger partial charge < -0.3 is 20.3 Å². The van der Waals surface area contributed by atoms with Crippen LogP contribution in [0.15, 0.2) is 42.5 Å². The fraction of sp³-hybridized carbons (Fsp3) is 0.483. The highest BCUT2D eigenvalue weighted by Crippen LogP contribution is 2.27. The number of alkyl carbamates (subject to hydrolysis) is 1. The molecule has 0 aliphatic heterocycles. The molecule has 0 heterocycles. The van der Waals surface area contributed by atoms with E-state index in [0.717, 1.165) is 22.4 Å². The Bertz CT molecular complexity index is 1080. The van der Waals surface area contributed by atoms with Gasteiger partial charge >= 0.3 is 6.09 Å². The van der Waals surface area contributed by atoms with Crippen molar-refractivity contribution >= 4 is 35.4 Å². The van der Waals surface area contributed by atoms with Crippen molar-refractivity contribution in [3.05, 3.63) is 64.7 Å². The van der Waals surface area contributed by atoms with Crippen LogP contribution in [-0.2, 0) is 14.3 Å². The van der Waals surface area contributed by atoms with Gasteiger partial charge in [-0.05, 0) is 83.6 Å². The second-order valence-electron chi connectivity index (χ2n) is 10.2. The zero-order chi connectivity index (χ0) is 27.8. The average molecular weight is 528 g/mol. The lowest BCUT2D eigenvalue weighted by Gasteiger charge is -2.34. The van der Waals surface area contributed by atoms with Crippen molar-refractivity contribution in [1.29, 1.82) is 0 Å². The number of carbonyl (C=O) groups excluding carboxylic acids is 3. The van der Waals surface area contributed by atoms with Gasteiger partial charge in [-0.3, -0.25) is 9.59 Å². The molecule has 0 aromatic heterocycles. The molecule has 0 aliphatic rings. The molecule has 2 aromatic carbocycles. The van der Waals surface area contributed by atoms with E-state index < -0.39 is 23.8 Å². The Balaban J connectivity index is 2.47. The molecule has 2 N–H and O–H groups in total. The number of nitrogens with one attached hydrogen (secondary N) is 2. The number of aryl methyl sites for hydroxylation is 3. The maximum absolute atomic E-state index is 13.9. The highest BCUT2D eigenvalue weighted by Gasteiger charge is 2.35. The third-order valence-electron chi connectivity index (χ3n) is 5.87. The number of hydrogen-bond acceptors (Lipinski definition) is 5. The Hall–Kier alpha value is -3.00. The fourth-order valence-electron chi connectivity index (χ4n) is 4.12. The Kier molecular flexibility index (Phi) is 11.0. The molecular formula is C29H41N3O4S. The number of rotatable bonds is 10. The fourth-order valence-corrected chi connectivity index (χ4v) is 4.60. The molecule has 0 spiro atoms. The van der Waals surface area contributed by atoms with E-state index in [1.165, 1.54) is 0 Å². The van der Waals surface area contributed by atoms with Gasteiger partial charge in [-0.1, -0.05) is 48.0 Å². The summed E-state index contributed by atoms with van der Waals surface area (Å²) in [6.45, 7) is 13.3. The van der Waals surface area contributed by atoms with Crippen LogP contribution < -0.4 is 10.6 Å². The van der Waals surface area contributed by atoms with E-state index in [1.807, 2.05) is 76.4 Å². The molecule has 37 heavy (non-hydrogen) atoms. The number of anilines is 1. The van der Waals surface area contributed by atoms with Crippen LogP contribution in [0.25, 0.3) is 0 Å². The van der Waals surface area contributed by atoms with Crippen LogP contribution in [0.5, 0.6) is 0 Å². The van der Waals surface area contributed by atoms with Crippen molar-refractivity contribution in [2.45, 2.75) is 72.6 Å². The second kappa shape index (κ2) is 13.5. The molecule has 2 atom stereocenters. The largest absolute Gasteiger partial charge is 0.444 e. The van der Waals surface area contributed by atoms with Gasteiger partial charge in [0.1, 0.15) is 17.7 Å². The summed E-state index contributed by atoms with van der Waals surface area (Å²) in [5, 5.41) is 5.82. The van der Waals surface area contributed by atoms with Gasteiger partial charge in [0.05, 0.1) is 0 Å². The molecule has 7 nitrogen and oxygen atoms in total. The van der Waals surface area contributed by atoms with E-state index >= 15 is 0 Å². The molecule has 8 heteroatoms. The zero-order valence-electron chi connectivity index (χ0n) is 23.3. The summed E-state index contributed by atoms with van der Waals surface area (Å²) in [6.07, 6.45) is 1.70. The van der Waals surface area contributed by atoms with Crippen molar-refractivity contribution in [1.82, 2.24) is 10.2 Å². The van der Waals surface area contributed by atoms with Gasteiger partial charge in [0.2, 0.25) is 5.91 Å². The third-order valence-corrected chi connectivity index (χ3v) is 6.51. The normalized spacial score (nSPS) is 12.9. The SMILES string of the molecule is CCN(C(=O)C(CCSC)NC(=O)OC(C)(C)C)C(C(=O)Nc1c(C)cccc1C)c1cccc(C)c1. The zero-order valence-corrected chi connectivity index (χ0v) is 24.1. The first-order valence-electron chi connectivity index (χ1n) is 12.6. The minimum Gasteiger partial charge on any atom is -0.444 e. The minimum atomic E-state index is -0.881. The number of ether oxygens (including phenoxy) is 1. The first-order chi connectivity index (χ1) is 17.4. The van der Waals surface area contributed by atoms with Gasteiger partial charge in [0.15, 0.2) is 0 Å². The summed E-state index contributed by atoms with van der Waals surface area (Å²) in [5.41, 5.74) is 3.61. The second-order valence-corrected chi connectivity index (χ2v) is 11.2. The van der Waals surface area contributed by atoms with E-state index in [9.17, 15) is 14.4 Å². The molecule has 0 radical (unpaired) electrons. The summed E-state index contributed by atoms with van der Waals surface area (Å²) in [5.74, 6) is 0.0256. The summed E-state index contributed by atoms with van der Waals surface area (Å²) in [7, 11) is 0. The van der Waals surface area contributed by atoms with Crippen LogP contribution in [0, 0.1) is 20.8 Å². The van der Waals surface area contributed by atoms with Crippen molar-refractivity contribution < 1.29 is 19.1 Å². The Labute approximate surface area is 225 Å². The molecule has 2 aromatic rings. The van der Waals surface area contributed by atoms with Gasteiger partial charge in [-0.2, -0.15) is 11.8 Å². The first-order valence-corrected chi connectivity index (χ1v) is 14.0. The maximum Gasteiger partial charge on any atom is 0.408 e. The topological polar surface area (TPSA) is 87.7 Å². The molecule has 0 saturated heterocycles. The number of nitrogens with zero attached hydrogens (tertiary/aromatic N) is 1. The minimum absolute atomic E-state index is 0.281. The molecule has 0 saturated carbocycles. The van der Waals surface area contributed by atoms with Crippen LogP contribution in [0.1, 0.15) is 62.4 Å². The van der Waals surface area contributed by atoms with Crippen LogP contribution in [-0.4, -0.2) is 53.0 Å². The Morgan fingerprint density at radius 1 is 1.03 bits per heavy atom. The summed E-state index contributed by atoms with van der Waals surface area (Å²) in [6, 6.07) is 11.7. The third kappa shape index (κ3) is 8.81. The highest BCUT2D eigenvalue weighted by molar-refractivity contribution is 7.98. The number of para-hydroxylation sites is 1. The number of hydrogen-bond donors (Lipinski definition) is 2. The average Bonchev–Trinajstić information content (AvgIpc) is 2.80. The number of amides is 3. The van der Waals surface area contributed by atoms with E-state index in [-0.39, 0.29) is 18.4 Å². The first kappa shape index (κ1) is 30.2. The molecule has 0 aliphatic carbocycles. The number of thioether (sulfide) groups is 1. The number of carbonyl (C=O) groups is 3. The predicted octanol–water partition coefficient (Wildman–Crippen LogP) is 5.79. The lowest BCUT2D eigenvalue weighted by atomic mass is 10.00. The van der Waals surface area contributed by atoms with Crippen molar-refractivity contribution in [3.63, 3.8) is 0 Å². The molecule has 2 rings (SSSR count). The van der Waals surface area contributed by atoms with Gasteiger partial charge in [0, 0.05) is 12.2 Å². The van der Waals surface area contributed by atoms with E-state index in [0.29, 0.717) is 17.7 Å². The number of benzene rings is 2. The van der Waals surface area contributed by atoms with Crippen LogP contribution >= 0.6 is 11.8 Å². The van der Waals surface area contributed by atoms with E-state index in [4.69, 9.17) is 4.74 Å². The van der Waals surface area contributed by atoms with Crippen molar-refractivity contribution in [2.24, 2.45) is 0 Å². The molecule has 2 unspecified atom stereocenters. The van der Waals surface area contributed by atoms with E-state index in [1.54, 1.807) is 37.4 Å². The van der Waals surface area contributed by atoms with Crippen molar-refractivity contribution in [3.8, 4) is 0 Å². The van der Waals surface area contributed by atoms with Gasteiger partial charge in [-0.25, -0.2) is 4.79 Å². The van der Waals surface area contributed by atoms with Crippen molar-refractivity contribution in [2.75, 3.05) is 23.9 Å². The summed E-state index contributed by atoms with van der Waals surface area (Å²) in [4.78, 5) is 41.9.